The molecule has 0 atom stereocenters. The lowest BCUT2D eigenvalue weighted by Crippen LogP contribution is -2.04. The summed E-state index contributed by atoms with van der Waals surface area (Å²) < 4.78 is 3.62. The molecule has 5 nitrogen and oxygen atoms in total. The highest BCUT2D eigenvalue weighted by Gasteiger charge is 2.20. The normalized spacial score (nSPS) is 11.2. The molecule has 2 rings (SSSR count). The molecule has 0 bridgehead atoms. The topological polar surface area (TPSA) is 52.7 Å². The second kappa shape index (κ2) is 4.40. The minimum atomic E-state index is 0.292. The number of carbonyl (C=O) groups excluding carboxylic acids is 1. The van der Waals surface area contributed by atoms with Crippen LogP contribution in [0.2, 0.25) is 0 Å². The monoisotopic (exact) mass is 246 g/mol. The number of hydrogen-bond donors (Lipinski definition) is 0. The van der Waals surface area contributed by atoms with Crippen molar-refractivity contribution < 1.29 is 4.79 Å². The first-order chi connectivity index (χ1) is 8.45. The number of carbonyl (C=O) groups is 1. The van der Waals surface area contributed by atoms with Gasteiger partial charge in [-0.2, -0.15) is 10.2 Å². The van der Waals surface area contributed by atoms with Gasteiger partial charge in [-0.3, -0.25) is 14.2 Å². The highest BCUT2D eigenvalue weighted by molar-refractivity contribution is 5.86. The van der Waals surface area contributed by atoms with Gasteiger partial charge in [-0.15, -0.1) is 0 Å². The van der Waals surface area contributed by atoms with E-state index in [1.54, 1.807) is 10.9 Å². The van der Waals surface area contributed by atoms with Crippen molar-refractivity contribution in [2.75, 3.05) is 0 Å². The van der Waals surface area contributed by atoms with Crippen molar-refractivity contribution in [2.24, 2.45) is 7.05 Å². The van der Waals surface area contributed by atoms with Crippen LogP contribution in [0.4, 0.5) is 0 Å². The molecule has 2 aromatic rings. The van der Waals surface area contributed by atoms with Crippen molar-refractivity contribution in [1.29, 1.82) is 0 Å². The fourth-order valence-corrected chi connectivity index (χ4v) is 2.30. The predicted molar refractivity (Wildman–Crippen MR) is 69.7 cm³/mol. The summed E-state index contributed by atoms with van der Waals surface area (Å²) in [6.07, 6.45) is 2.57. The van der Waals surface area contributed by atoms with Gasteiger partial charge in [-0.25, -0.2) is 0 Å². The Morgan fingerprint density at radius 1 is 1.28 bits per heavy atom. The Labute approximate surface area is 106 Å². The Hall–Kier alpha value is -1.91. The molecule has 0 amide bonds. The Kier molecular flexibility index (Phi) is 3.07. The Bertz CT molecular complexity index is 592. The molecule has 0 aromatic carbocycles. The van der Waals surface area contributed by atoms with E-state index in [2.05, 4.69) is 24.0 Å². The highest BCUT2D eigenvalue weighted by Crippen LogP contribution is 2.29. The van der Waals surface area contributed by atoms with Gasteiger partial charge in [0.2, 0.25) is 0 Å². The molecular formula is C13H18N4O. The van der Waals surface area contributed by atoms with Gasteiger partial charge in [0.25, 0.3) is 0 Å². The third-order valence-corrected chi connectivity index (χ3v) is 3.03. The van der Waals surface area contributed by atoms with E-state index in [1.165, 1.54) is 0 Å². The zero-order valence-corrected chi connectivity index (χ0v) is 11.4. The molecule has 2 aromatic heterocycles. The first-order valence-electron chi connectivity index (χ1n) is 6.00. The van der Waals surface area contributed by atoms with Gasteiger partial charge in [0.1, 0.15) is 5.69 Å². The molecule has 0 aliphatic heterocycles. The second-order valence-corrected chi connectivity index (χ2v) is 4.81. The molecule has 0 unspecified atom stereocenters. The van der Waals surface area contributed by atoms with E-state index in [-0.39, 0.29) is 0 Å². The summed E-state index contributed by atoms with van der Waals surface area (Å²) in [5.74, 6) is 0. The fourth-order valence-electron chi connectivity index (χ4n) is 2.30. The third-order valence-electron chi connectivity index (χ3n) is 3.03. The van der Waals surface area contributed by atoms with Crippen molar-refractivity contribution in [3.8, 4) is 11.3 Å². The maximum atomic E-state index is 11.1. The molecule has 0 saturated heterocycles. The molecule has 0 spiro atoms. The maximum Gasteiger partial charge on any atom is 0.153 e. The largest absolute Gasteiger partial charge is 0.298 e. The van der Waals surface area contributed by atoms with Crippen LogP contribution in [0.1, 0.15) is 41.6 Å². The summed E-state index contributed by atoms with van der Waals surface area (Å²) in [6.45, 7) is 8.13. The highest BCUT2D eigenvalue weighted by atomic mass is 16.1. The lowest BCUT2D eigenvalue weighted by Gasteiger charge is -2.08. The average molecular weight is 246 g/mol. The van der Waals surface area contributed by atoms with Gasteiger partial charge in [-0.05, 0) is 27.7 Å². The standard InChI is InChI=1S/C13H18N4O/c1-8(2)17-10(4)12(9(3)14-17)13-11(7-18)6-16(5)15-13/h6-8H,1-5H3. The van der Waals surface area contributed by atoms with Gasteiger partial charge in [-0.1, -0.05) is 0 Å². The number of aryl methyl sites for hydroxylation is 2. The second-order valence-electron chi connectivity index (χ2n) is 4.81. The molecule has 18 heavy (non-hydrogen) atoms. The van der Waals surface area contributed by atoms with Gasteiger partial charge in [0.15, 0.2) is 6.29 Å². The molecule has 0 radical (unpaired) electrons. The summed E-state index contributed by atoms with van der Waals surface area (Å²) in [4.78, 5) is 11.1. The minimum absolute atomic E-state index is 0.292. The molecule has 5 heteroatoms. The van der Waals surface area contributed by atoms with Gasteiger partial charge < -0.3 is 0 Å². The Balaban J connectivity index is 2.67. The van der Waals surface area contributed by atoms with E-state index in [0.29, 0.717) is 11.6 Å². The quantitative estimate of drug-likeness (QED) is 0.781. The molecule has 0 saturated carbocycles. The first kappa shape index (κ1) is 12.5. The minimum Gasteiger partial charge on any atom is -0.298 e. The summed E-state index contributed by atoms with van der Waals surface area (Å²) in [5, 5.41) is 8.90. The third kappa shape index (κ3) is 1.85. The van der Waals surface area contributed by atoms with Crippen molar-refractivity contribution >= 4 is 6.29 Å². The van der Waals surface area contributed by atoms with Crippen LogP contribution < -0.4 is 0 Å². The molecule has 0 N–H and O–H groups in total. The van der Waals surface area contributed by atoms with Gasteiger partial charge >= 0.3 is 0 Å². The molecule has 96 valence electrons. The molecule has 0 aliphatic rings. The summed E-state index contributed by atoms with van der Waals surface area (Å²) in [6, 6.07) is 0.292. The summed E-state index contributed by atoms with van der Waals surface area (Å²) in [7, 11) is 1.81. The van der Waals surface area contributed by atoms with Crippen molar-refractivity contribution in [1.82, 2.24) is 19.6 Å². The molecule has 0 aliphatic carbocycles. The predicted octanol–water partition coefficient (Wildman–Crippen LogP) is 2.29. The van der Waals surface area contributed by atoms with E-state index in [4.69, 9.17) is 0 Å². The summed E-state index contributed by atoms with van der Waals surface area (Å²) >= 11 is 0. The van der Waals surface area contributed by atoms with Crippen LogP contribution in [-0.2, 0) is 7.05 Å². The lowest BCUT2D eigenvalue weighted by atomic mass is 10.1. The summed E-state index contributed by atoms with van der Waals surface area (Å²) in [5.41, 5.74) is 4.24. The smallest absolute Gasteiger partial charge is 0.153 e. The SMILES string of the molecule is Cc1nn(C(C)C)c(C)c1-c1nn(C)cc1C=O. The van der Waals surface area contributed by atoms with E-state index in [0.717, 1.165) is 28.9 Å². The van der Waals surface area contributed by atoms with Crippen molar-refractivity contribution in [2.45, 2.75) is 33.7 Å². The Morgan fingerprint density at radius 3 is 2.44 bits per heavy atom. The zero-order chi connectivity index (χ0) is 13.4. The van der Waals surface area contributed by atoms with E-state index in [1.807, 2.05) is 25.6 Å². The Morgan fingerprint density at radius 2 is 1.94 bits per heavy atom. The van der Waals surface area contributed by atoms with Gasteiger partial charge in [0.05, 0.1) is 11.3 Å². The van der Waals surface area contributed by atoms with E-state index >= 15 is 0 Å². The number of aldehydes is 1. The molecule has 2 heterocycles. The van der Waals surface area contributed by atoms with Crippen LogP contribution in [-0.4, -0.2) is 25.8 Å². The van der Waals surface area contributed by atoms with Crippen LogP contribution >= 0.6 is 0 Å². The average Bonchev–Trinajstić information content (AvgIpc) is 2.79. The number of aromatic nitrogens is 4. The maximum absolute atomic E-state index is 11.1. The van der Waals surface area contributed by atoms with Crippen LogP contribution in [0.25, 0.3) is 11.3 Å². The van der Waals surface area contributed by atoms with Crippen molar-refractivity contribution in [3.63, 3.8) is 0 Å². The van der Waals surface area contributed by atoms with E-state index < -0.39 is 0 Å². The number of rotatable bonds is 3. The number of hydrogen-bond acceptors (Lipinski definition) is 3. The van der Waals surface area contributed by atoms with Crippen LogP contribution in [0, 0.1) is 13.8 Å². The molecular weight excluding hydrogens is 228 g/mol. The van der Waals surface area contributed by atoms with Crippen LogP contribution in [0.3, 0.4) is 0 Å². The first-order valence-corrected chi connectivity index (χ1v) is 6.00. The fraction of sp³-hybridized carbons (Fsp3) is 0.462. The lowest BCUT2D eigenvalue weighted by molar-refractivity contribution is 0.112. The van der Waals surface area contributed by atoms with Gasteiger partial charge in [0, 0.05) is 30.5 Å². The van der Waals surface area contributed by atoms with Crippen molar-refractivity contribution in [3.05, 3.63) is 23.1 Å². The molecule has 0 fully saturated rings. The zero-order valence-electron chi connectivity index (χ0n) is 11.4. The van der Waals surface area contributed by atoms with Crippen LogP contribution in [0.5, 0.6) is 0 Å². The van der Waals surface area contributed by atoms with E-state index in [9.17, 15) is 4.79 Å². The number of nitrogens with zero attached hydrogens (tertiary/aromatic N) is 4. The van der Waals surface area contributed by atoms with Crippen LogP contribution in [0.15, 0.2) is 6.20 Å².